The zero-order chi connectivity index (χ0) is 16.6. The van der Waals surface area contributed by atoms with Gasteiger partial charge in [-0.05, 0) is 36.8 Å². The molecular formula is C18H14Cl2N2O. The first-order valence-electron chi connectivity index (χ1n) is 6.99. The van der Waals surface area contributed by atoms with Gasteiger partial charge in [-0.2, -0.15) is 0 Å². The number of rotatable bonds is 2. The van der Waals surface area contributed by atoms with Crippen molar-refractivity contribution in [2.45, 2.75) is 6.92 Å². The lowest BCUT2D eigenvalue weighted by Gasteiger charge is -2.02. The minimum absolute atomic E-state index is 0.186. The largest absolute Gasteiger partial charge is 0.291 e. The molecule has 23 heavy (non-hydrogen) atoms. The fourth-order valence-electron chi connectivity index (χ4n) is 2.28. The fraction of sp³-hybridized carbons (Fsp3) is 0.0556. The van der Waals surface area contributed by atoms with Gasteiger partial charge in [0.05, 0.1) is 26.3 Å². The number of hydrogen-bond acceptors (Lipinski definition) is 1. The summed E-state index contributed by atoms with van der Waals surface area (Å²) in [6.45, 7) is 5.93. The van der Waals surface area contributed by atoms with Gasteiger partial charge >= 0.3 is 0 Å². The smallest absolute Gasteiger partial charge is 0.279 e. The second-order valence-corrected chi connectivity index (χ2v) is 6.11. The normalized spacial score (nSPS) is 11.9. The minimum atomic E-state index is -0.186. The van der Waals surface area contributed by atoms with Gasteiger partial charge in [0, 0.05) is 0 Å². The van der Waals surface area contributed by atoms with Gasteiger partial charge in [-0.25, -0.2) is 4.68 Å². The second kappa shape index (κ2) is 6.11. The maximum Gasteiger partial charge on any atom is 0.279 e. The summed E-state index contributed by atoms with van der Waals surface area (Å²) in [5, 5.41) is 4.85. The van der Waals surface area contributed by atoms with Crippen LogP contribution in [0.1, 0.15) is 11.1 Å². The molecule has 0 atom stereocenters. The molecule has 0 unspecified atom stereocenters. The highest BCUT2D eigenvalue weighted by molar-refractivity contribution is 6.42. The van der Waals surface area contributed by atoms with Crippen molar-refractivity contribution < 1.29 is 0 Å². The molecule has 0 aliphatic carbocycles. The molecule has 0 fully saturated rings. The number of halogens is 2. The van der Waals surface area contributed by atoms with E-state index in [4.69, 9.17) is 23.2 Å². The predicted octanol–water partition coefficient (Wildman–Crippen LogP) is 3.02. The molecule has 116 valence electrons. The number of aryl methyl sites for hydroxylation is 1. The van der Waals surface area contributed by atoms with Crippen LogP contribution in [0, 0.1) is 6.92 Å². The van der Waals surface area contributed by atoms with Gasteiger partial charge in [0.15, 0.2) is 0 Å². The Morgan fingerprint density at radius 1 is 1.09 bits per heavy atom. The molecule has 5 heteroatoms. The van der Waals surface area contributed by atoms with Crippen LogP contribution in [-0.2, 0) is 0 Å². The summed E-state index contributed by atoms with van der Waals surface area (Å²) in [6, 6.07) is 12.9. The van der Waals surface area contributed by atoms with E-state index in [-0.39, 0.29) is 5.56 Å². The van der Waals surface area contributed by atoms with Gasteiger partial charge in [-0.15, -0.1) is 0 Å². The quantitative estimate of drug-likeness (QED) is 0.762. The van der Waals surface area contributed by atoms with Crippen molar-refractivity contribution in [3.05, 3.63) is 84.6 Å². The lowest BCUT2D eigenvalue weighted by atomic mass is 10.1. The van der Waals surface area contributed by atoms with Gasteiger partial charge in [0.25, 0.3) is 5.56 Å². The SMILES string of the molecule is C=c1[nH]n(-c2ccc(Cl)c(Cl)c2)c(=O)/c1=C\c1ccc(C)cc1. The average Bonchev–Trinajstić information content (AvgIpc) is 2.80. The van der Waals surface area contributed by atoms with E-state index in [1.165, 1.54) is 10.2 Å². The van der Waals surface area contributed by atoms with Crippen LogP contribution < -0.4 is 16.1 Å². The number of benzene rings is 2. The van der Waals surface area contributed by atoms with E-state index in [9.17, 15) is 4.79 Å². The Morgan fingerprint density at radius 3 is 2.43 bits per heavy atom. The molecule has 0 aliphatic heterocycles. The number of aromatic amines is 1. The van der Waals surface area contributed by atoms with Crippen LogP contribution in [0.4, 0.5) is 0 Å². The number of aromatic nitrogens is 2. The van der Waals surface area contributed by atoms with Crippen molar-refractivity contribution in [1.82, 2.24) is 9.78 Å². The fourth-order valence-corrected chi connectivity index (χ4v) is 2.57. The van der Waals surface area contributed by atoms with E-state index >= 15 is 0 Å². The first-order valence-corrected chi connectivity index (χ1v) is 7.75. The lowest BCUT2D eigenvalue weighted by Crippen LogP contribution is -2.33. The highest BCUT2D eigenvalue weighted by atomic mass is 35.5. The Bertz CT molecular complexity index is 1030. The molecule has 0 bridgehead atoms. The molecule has 0 radical (unpaired) electrons. The summed E-state index contributed by atoms with van der Waals surface area (Å²) >= 11 is 11.9. The Labute approximate surface area is 143 Å². The third kappa shape index (κ3) is 3.11. The van der Waals surface area contributed by atoms with Gasteiger partial charge in [0.1, 0.15) is 0 Å². The molecule has 0 saturated carbocycles. The molecule has 2 aromatic carbocycles. The standard InChI is InChI=1S/C18H14Cl2N2O/c1-11-3-5-13(6-4-11)9-15-12(2)21-22(18(15)23)14-7-8-16(19)17(20)10-14/h3-10,21H,2H2,1H3/b15-9-. The summed E-state index contributed by atoms with van der Waals surface area (Å²) in [7, 11) is 0. The van der Waals surface area contributed by atoms with Crippen LogP contribution in [0.2, 0.25) is 10.0 Å². The minimum Gasteiger partial charge on any atom is -0.291 e. The van der Waals surface area contributed by atoms with Crippen molar-refractivity contribution in [1.29, 1.82) is 0 Å². The summed E-state index contributed by atoms with van der Waals surface area (Å²) in [5.41, 5.74) is 2.53. The molecule has 0 saturated heterocycles. The third-order valence-electron chi connectivity index (χ3n) is 3.56. The summed E-state index contributed by atoms with van der Waals surface area (Å²) in [6.07, 6.45) is 1.81. The molecule has 3 rings (SSSR count). The van der Waals surface area contributed by atoms with E-state index in [0.29, 0.717) is 26.3 Å². The first-order chi connectivity index (χ1) is 11.0. The number of H-pyrrole nitrogens is 1. The zero-order valence-electron chi connectivity index (χ0n) is 12.4. The van der Waals surface area contributed by atoms with Gasteiger partial charge in [-0.1, -0.05) is 59.6 Å². The molecule has 1 aromatic heterocycles. The molecule has 1 heterocycles. The van der Waals surface area contributed by atoms with Crippen LogP contribution in [-0.4, -0.2) is 9.78 Å². The first kappa shape index (κ1) is 15.7. The van der Waals surface area contributed by atoms with Crippen molar-refractivity contribution in [3.63, 3.8) is 0 Å². The average molecular weight is 345 g/mol. The summed E-state index contributed by atoms with van der Waals surface area (Å²) in [4.78, 5) is 12.6. The number of nitrogens with one attached hydrogen (secondary N) is 1. The predicted molar refractivity (Wildman–Crippen MR) is 95.9 cm³/mol. The Balaban J connectivity index is 2.17. The van der Waals surface area contributed by atoms with E-state index in [1.807, 2.05) is 37.3 Å². The highest BCUT2D eigenvalue weighted by Crippen LogP contribution is 2.23. The van der Waals surface area contributed by atoms with E-state index in [2.05, 4.69) is 11.7 Å². The van der Waals surface area contributed by atoms with E-state index < -0.39 is 0 Å². The lowest BCUT2D eigenvalue weighted by molar-refractivity contribution is 0.838. The van der Waals surface area contributed by atoms with Gasteiger partial charge < -0.3 is 0 Å². The molecule has 0 amide bonds. The number of hydrogen-bond donors (Lipinski definition) is 1. The van der Waals surface area contributed by atoms with Crippen molar-refractivity contribution in [3.8, 4) is 5.69 Å². The Kier molecular flexibility index (Phi) is 4.16. The Morgan fingerprint density at radius 2 is 1.78 bits per heavy atom. The third-order valence-corrected chi connectivity index (χ3v) is 4.29. The number of nitrogens with zero attached hydrogens (tertiary/aromatic N) is 1. The topological polar surface area (TPSA) is 37.8 Å². The summed E-state index contributed by atoms with van der Waals surface area (Å²) in [5.74, 6) is 0. The van der Waals surface area contributed by atoms with Crippen LogP contribution in [0.3, 0.4) is 0 Å². The zero-order valence-corrected chi connectivity index (χ0v) is 13.9. The highest BCUT2D eigenvalue weighted by Gasteiger charge is 2.07. The van der Waals surface area contributed by atoms with Crippen LogP contribution in [0.15, 0.2) is 47.3 Å². The van der Waals surface area contributed by atoms with Crippen LogP contribution >= 0.6 is 23.2 Å². The van der Waals surface area contributed by atoms with E-state index in [0.717, 1.165) is 5.56 Å². The monoisotopic (exact) mass is 344 g/mol. The molecule has 3 aromatic rings. The van der Waals surface area contributed by atoms with Gasteiger partial charge in [0.2, 0.25) is 0 Å². The van der Waals surface area contributed by atoms with Crippen LogP contribution in [0.25, 0.3) is 18.3 Å². The van der Waals surface area contributed by atoms with E-state index in [1.54, 1.807) is 18.2 Å². The maximum atomic E-state index is 12.6. The van der Waals surface area contributed by atoms with Crippen molar-refractivity contribution in [2.75, 3.05) is 0 Å². The van der Waals surface area contributed by atoms with Gasteiger partial charge in [-0.3, -0.25) is 9.89 Å². The molecule has 3 nitrogen and oxygen atoms in total. The second-order valence-electron chi connectivity index (χ2n) is 5.30. The maximum absolute atomic E-state index is 12.6. The summed E-state index contributed by atoms with van der Waals surface area (Å²) < 4.78 is 1.41. The Hall–Kier alpha value is -2.23. The van der Waals surface area contributed by atoms with Crippen molar-refractivity contribution >= 4 is 35.9 Å². The molecule has 1 N–H and O–H groups in total. The molecular weight excluding hydrogens is 331 g/mol. The molecule has 0 spiro atoms. The van der Waals surface area contributed by atoms with Crippen LogP contribution in [0.5, 0.6) is 0 Å². The van der Waals surface area contributed by atoms with Crippen molar-refractivity contribution in [2.24, 2.45) is 0 Å². The molecule has 0 aliphatic rings.